The van der Waals surface area contributed by atoms with Gasteiger partial charge >= 0.3 is 0 Å². The van der Waals surface area contributed by atoms with Gasteiger partial charge in [0.05, 0.1) is 19.5 Å². The third kappa shape index (κ3) is 3.24. The van der Waals surface area contributed by atoms with E-state index < -0.39 is 0 Å². The van der Waals surface area contributed by atoms with Crippen LogP contribution in [0.1, 0.15) is 31.0 Å². The average Bonchev–Trinajstić information content (AvgIpc) is 2.43. The first-order valence-corrected chi connectivity index (χ1v) is 6.63. The van der Waals surface area contributed by atoms with E-state index in [9.17, 15) is 4.79 Å². The topological polar surface area (TPSA) is 70.1 Å². The van der Waals surface area contributed by atoms with Crippen molar-refractivity contribution in [3.63, 3.8) is 0 Å². The van der Waals surface area contributed by atoms with E-state index in [1.807, 2.05) is 32.0 Å². The van der Waals surface area contributed by atoms with Crippen LogP contribution < -0.4 is 16.0 Å². The zero-order valence-electron chi connectivity index (χ0n) is 11.7. The molecule has 0 aliphatic heterocycles. The van der Waals surface area contributed by atoms with Crippen LogP contribution in [0.3, 0.4) is 0 Å². The predicted octanol–water partition coefficient (Wildman–Crippen LogP) is 1.71. The summed E-state index contributed by atoms with van der Waals surface area (Å²) in [4.78, 5) is 15.7. The molecule has 0 spiro atoms. The Morgan fingerprint density at radius 1 is 1.40 bits per heavy atom. The maximum Gasteiger partial charge on any atom is 0.253 e. The number of ether oxygens (including phenoxy) is 1. The van der Waals surface area contributed by atoms with Crippen LogP contribution >= 0.6 is 0 Å². The SMILES string of the molecule is CCOc1ccc(C(C)N)cc1Cn1cnccc1=O. The first-order chi connectivity index (χ1) is 9.61. The number of benzene rings is 1. The molecule has 2 aromatic rings. The smallest absolute Gasteiger partial charge is 0.253 e. The molecule has 2 N–H and O–H groups in total. The molecular weight excluding hydrogens is 254 g/mol. The van der Waals surface area contributed by atoms with Gasteiger partial charge in [0.1, 0.15) is 5.75 Å². The van der Waals surface area contributed by atoms with Gasteiger partial charge in [0.2, 0.25) is 0 Å². The number of aromatic nitrogens is 2. The normalized spacial score (nSPS) is 12.2. The first kappa shape index (κ1) is 14.3. The van der Waals surface area contributed by atoms with Gasteiger partial charge in [0.25, 0.3) is 5.56 Å². The molecule has 0 aliphatic carbocycles. The second-order valence-electron chi connectivity index (χ2n) is 4.64. The van der Waals surface area contributed by atoms with Crippen LogP contribution in [-0.4, -0.2) is 16.2 Å². The minimum atomic E-state index is -0.0892. The Balaban J connectivity index is 2.39. The van der Waals surface area contributed by atoms with Crippen molar-refractivity contribution in [2.75, 3.05) is 6.61 Å². The zero-order valence-corrected chi connectivity index (χ0v) is 11.7. The van der Waals surface area contributed by atoms with Crippen LogP contribution in [0.4, 0.5) is 0 Å². The van der Waals surface area contributed by atoms with Gasteiger partial charge in [0, 0.05) is 23.9 Å². The van der Waals surface area contributed by atoms with Crippen LogP contribution in [0.2, 0.25) is 0 Å². The highest BCUT2D eigenvalue weighted by atomic mass is 16.5. The van der Waals surface area contributed by atoms with E-state index in [0.29, 0.717) is 13.2 Å². The number of rotatable bonds is 5. The molecule has 1 atom stereocenters. The second kappa shape index (κ2) is 6.34. The van der Waals surface area contributed by atoms with Crippen molar-refractivity contribution in [3.8, 4) is 5.75 Å². The summed E-state index contributed by atoms with van der Waals surface area (Å²) in [5.74, 6) is 0.771. The maximum atomic E-state index is 11.8. The van der Waals surface area contributed by atoms with E-state index in [1.54, 1.807) is 4.57 Å². The van der Waals surface area contributed by atoms with Crippen LogP contribution in [0.15, 0.2) is 41.6 Å². The minimum Gasteiger partial charge on any atom is -0.494 e. The highest BCUT2D eigenvalue weighted by Gasteiger charge is 2.09. The third-order valence-corrected chi connectivity index (χ3v) is 3.04. The fraction of sp³-hybridized carbons (Fsp3) is 0.333. The van der Waals surface area contributed by atoms with E-state index in [2.05, 4.69) is 4.98 Å². The van der Waals surface area contributed by atoms with Crippen molar-refractivity contribution in [1.29, 1.82) is 0 Å². The van der Waals surface area contributed by atoms with Crippen molar-refractivity contribution in [1.82, 2.24) is 9.55 Å². The molecule has 20 heavy (non-hydrogen) atoms. The Morgan fingerprint density at radius 3 is 2.85 bits per heavy atom. The van der Waals surface area contributed by atoms with Crippen molar-refractivity contribution in [3.05, 3.63) is 58.3 Å². The van der Waals surface area contributed by atoms with E-state index in [-0.39, 0.29) is 11.6 Å². The fourth-order valence-electron chi connectivity index (χ4n) is 1.98. The summed E-state index contributed by atoms with van der Waals surface area (Å²) in [6, 6.07) is 7.21. The molecule has 1 aromatic heterocycles. The molecule has 2 rings (SSSR count). The number of hydrogen-bond donors (Lipinski definition) is 1. The van der Waals surface area contributed by atoms with E-state index >= 15 is 0 Å². The zero-order chi connectivity index (χ0) is 14.5. The lowest BCUT2D eigenvalue weighted by molar-refractivity contribution is 0.335. The Labute approximate surface area is 118 Å². The molecule has 0 fully saturated rings. The van der Waals surface area contributed by atoms with Crippen LogP contribution in [-0.2, 0) is 6.54 Å². The molecule has 0 aliphatic rings. The standard InChI is InChI=1S/C15H19N3O2/c1-3-20-14-5-4-12(11(2)16)8-13(14)9-18-10-17-7-6-15(18)19/h4-8,10-11H,3,9,16H2,1-2H3. The fourth-order valence-corrected chi connectivity index (χ4v) is 1.98. The molecule has 0 saturated carbocycles. The summed E-state index contributed by atoms with van der Waals surface area (Å²) in [5.41, 5.74) is 7.76. The Bertz CT molecular complexity index is 635. The lowest BCUT2D eigenvalue weighted by atomic mass is 10.0. The van der Waals surface area contributed by atoms with Crippen LogP contribution in [0.5, 0.6) is 5.75 Å². The van der Waals surface area contributed by atoms with Crippen molar-refractivity contribution < 1.29 is 4.74 Å². The molecule has 5 heteroatoms. The van der Waals surface area contributed by atoms with Gasteiger partial charge in [-0.3, -0.25) is 9.36 Å². The average molecular weight is 273 g/mol. The van der Waals surface area contributed by atoms with Crippen molar-refractivity contribution in [2.24, 2.45) is 5.73 Å². The number of nitrogens with two attached hydrogens (primary N) is 1. The van der Waals surface area contributed by atoms with Gasteiger partial charge < -0.3 is 10.5 Å². The first-order valence-electron chi connectivity index (χ1n) is 6.63. The summed E-state index contributed by atoms with van der Waals surface area (Å²) in [7, 11) is 0. The molecule has 106 valence electrons. The Hall–Kier alpha value is -2.14. The predicted molar refractivity (Wildman–Crippen MR) is 77.8 cm³/mol. The Morgan fingerprint density at radius 2 is 2.20 bits per heavy atom. The number of nitrogens with zero attached hydrogens (tertiary/aromatic N) is 2. The maximum absolute atomic E-state index is 11.8. The third-order valence-electron chi connectivity index (χ3n) is 3.04. The van der Waals surface area contributed by atoms with E-state index in [4.69, 9.17) is 10.5 Å². The van der Waals surface area contributed by atoms with Crippen LogP contribution in [0.25, 0.3) is 0 Å². The summed E-state index contributed by atoms with van der Waals surface area (Å²) in [6.07, 6.45) is 3.01. The largest absolute Gasteiger partial charge is 0.494 e. The molecule has 1 aromatic carbocycles. The van der Waals surface area contributed by atoms with Gasteiger partial charge in [-0.2, -0.15) is 0 Å². The molecule has 5 nitrogen and oxygen atoms in total. The lowest BCUT2D eigenvalue weighted by Crippen LogP contribution is -2.20. The lowest BCUT2D eigenvalue weighted by Gasteiger charge is -2.14. The quantitative estimate of drug-likeness (QED) is 0.900. The van der Waals surface area contributed by atoms with Gasteiger partial charge in [-0.05, 0) is 31.5 Å². The minimum absolute atomic E-state index is 0.0601. The molecule has 0 bridgehead atoms. The molecule has 0 radical (unpaired) electrons. The summed E-state index contributed by atoms with van der Waals surface area (Å²) in [6.45, 7) is 4.85. The van der Waals surface area contributed by atoms with E-state index in [0.717, 1.165) is 16.9 Å². The van der Waals surface area contributed by atoms with Gasteiger partial charge in [-0.1, -0.05) is 6.07 Å². The van der Waals surface area contributed by atoms with Gasteiger partial charge in [-0.15, -0.1) is 0 Å². The van der Waals surface area contributed by atoms with Crippen molar-refractivity contribution in [2.45, 2.75) is 26.4 Å². The molecule has 0 amide bonds. The Kier molecular flexibility index (Phi) is 4.53. The van der Waals surface area contributed by atoms with Gasteiger partial charge in [-0.25, -0.2) is 4.98 Å². The van der Waals surface area contributed by atoms with Crippen LogP contribution in [0, 0.1) is 0 Å². The molecular formula is C15H19N3O2. The highest BCUT2D eigenvalue weighted by molar-refractivity contribution is 5.38. The molecule has 1 heterocycles. The second-order valence-corrected chi connectivity index (χ2v) is 4.64. The van der Waals surface area contributed by atoms with Gasteiger partial charge in [0.15, 0.2) is 0 Å². The molecule has 0 saturated heterocycles. The van der Waals surface area contributed by atoms with E-state index in [1.165, 1.54) is 18.6 Å². The molecule has 1 unspecified atom stereocenters. The monoisotopic (exact) mass is 273 g/mol. The van der Waals surface area contributed by atoms with Crippen molar-refractivity contribution >= 4 is 0 Å². The summed E-state index contributed by atoms with van der Waals surface area (Å²) < 4.78 is 7.15. The highest BCUT2D eigenvalue weighted by Crippen LogP contribution is 2.23. The summed E-state index contributed by atoms with van der Waals surface area (Å²) >= 11 is 0. The number of hydrogen-bond acceptors (Lipinski definition) is 4. The summed E-state index contributed by atoms with van der Waals surface area (Å²) in [5, 5.41) is 0.